The summed E-state index contributed by atoms with van der Waals surface area (Å²) in [5.41, 5.74) is 0.924. The molecule has 0 aromatic carbocycles. The number of ether oxygens (including phenoxy) is 2. The standard InChI is InChI=1S/C17H26N2O4/c1-12-10-13(11-19-15(12)22-5)14(20)8-6-7-9-18-16(21)23-17(2,3)4/h10-11H,6-9H2,1-5H3,(H,18,21). The molecule has 23 heavy (non-hydrogen) atoms. The first-order chi connectivity index (χ1) is 10.7. The summed E-state index contributed by atoms with van der Waals surface area (Å²) < 4.78 is 10.2. The first-order valence-electron chi connectivity index (χ1n) is 7.73. The van der Waals surface area contributed by atoms with Crippen LogP contribution in [0.5, 0.6) is 5.88 Å². The third kappa shape index (κ3) is 7.13. The third-order valence-electron chi connectivity index (χ3n) is 3.04. The summed E-state index contributed by atoms with van der Waals surface area (Å²) in [6, 6.07) is 1.78. The van der Waals surface area contributed by atoms with Crippen molar-refractivity contribution in [2.45, 2.75) is 52.6 Å². The van der Waals surface area contributed by atoms with Crippen LogP contribution >= 0.6 is 0 Å². The number of rotatable bonds is 7. The van der Waals surface area contributed by atoms with Gasteiger partial charge < -0.3 is 14.8 Å². The van der Waals surface area contributed by atoms with Gasteiger partial charge in [0.2, 0.25) is 5.88 Å². The molecule has 0 unspecified atom stereocenters. The molecule has 0 saturated carbocycles. The Bertz CT molecular complexity index is 550. The van der Waals surface area contributed by atoms with Crippen LogP contribution in [0.25, 0.3) is 0 Å². The number of nitrogens with one attached hydrogen (secondary N) is 1. The van der Waals surface area contributed by atoms with Crippen LogP contribution in [0.15, 0.2) is 12.3 Å². The summed E-state index contributed by atoms with van der Waals surface area (Å²) >= 11 is 0. The first kappa shape index (κ1) is 18.9. The zero-order valence-corrected chi connectivity index (χ0v) is 14.6. The summed E-state index contributed by atoms with van der Waals surface area (Å²) in [5.74, 6) is 0.573. The maximum absolute atomic E-state index is 12.1. The van der Waals surface area contributed by atoms with Gasteiger partial charge in [-0.3, -0.25) is 4.79 Å². The quantitative estimate of drug-likeness (QED) is 0.616. The molecule has 6 nitrogen and oxygen atoms in total. The fourth-order valence-corrected chi connectivity index (χ4v) is 1.99. The Kier molecular flexibility index (Phi) is 7.00. The predicted molar refractivity (Wildman–Crippen MR) is 87.9 cm³/mol. The van der Waals surface area contributed by atoms with E-state index < -0.39 is 11.7 Å². The van der Waals surface area contributed by atoms with E-state index in [-0.39, 0.29) is 5.78 Å². The lowest BCUT2D eigenvalue weighted by Crippen LogP contribution is -2.33. The van der Waals surface area contributed by atoms with Crippen LogP contribution in [0, 0.1) is 6.92 Å². The van der Waals surface area contributed by atoms with E-state index in [1.807, 2.05) is 27.7 Å². The number of aromatic nitrogens is 1. The molecule has 1 N–H and O–H groups in total. The molecule has 0 atom stereocenters. The highest BCUT2D eigenvalue weighted by Gasteiger charge is 2.15. The SMILES string of the molecule is COc1ncc(C(=O)CCCCNC(=O)OC(C)(C)C)cc1C. The fourth-order valence-electron chi connectivity index (χ4n) is 1.99. The predicted octanol–water partition coefficient (Wildman–Crippen LogP) is 3.28. The van der Waals surface area contributed by atoms with E-state index in [9.17, 15) is 9.59 Å². The van der Waals surface area contributed by atoms with Crippen molar-refractivity contribution in [1.29, 1.82) is 0 Å². The van der Waals surface area contributed by atoms with Crippen LogP contribution in [-0.2, 0) is 4.74 Å². The Labute approximate surface area is 137 Å². The molecule has 0 radical (unpaired) electrons. The molecular weight excluding hydrogens is 296 g/mol. The maximum Gasteiger partial charge on any atom is 0.407 e. The average molecular weight is 322 g/mol. The topological polar surface area (TPSA) is 77.5 Å². The van der Waals surface area contributed by atoms with Gasteiger partial charge in [-0.25, -0.2) is 9.78 Å². The second-order valence-corrected chi connectivity index (χ2v) is 6.36. The normalized spacial score (nSPS) is 11.0. The summed E-state index contributed by atoms with van der Waals surface area (Å²) in [6.45, 7) is 7.79. The van der Waals surface area contributed by atoms with Crippen molar-refractivity contribution in [2.24, 2.45) is 0 Å². The summed E-state index contributed by atoms with van der Waals surface area (Å²) in [6.07, 6.45) is 2.93. The van der Waals surface area contributed by atoms with Crippen molar-refractivity contribution >= 4 is 11.9 Å². The number of Topliss-reactive ketones (excluding diaryl/α,β-unsaturated/α-hetero) is 1. The van der Waals surface area contributed by atoms with Crippen molar-refractivity contribution in [1.82, 2.24) is 10.3 Å². The summed E-state index contributed by atoms with van der Waals surface area (Å²) in [4.78, 5) is 27.6. The van der Waals surface area contributed by atoms with E-state index in [0.717, 1.165) is 5.56 Å². The molecule has 0 saturated heterocycles. The molecule has 128 valence electrons. The molecule has 0 aliphatic heterocycles. The van der Waals surface area contributed by atoms with Crippen LogP contribution < -0.4 is 10.1 Å². The highest BCUT2D eigenvalue weighted by atomic mass is 16.6. The number of unbranched alkanes of at least 4 members (excludes halogenated alkanes) is 1. The van der Waals surface area contributed by atoms with Gasteiger partial charge in [0.05, 0.1) is 7.11 Å². The average Bonchev–Trinajstić information content (AvgIpc) is 2.44. The van der Waals surface area contributed by atoms with E-state index in [4.69, 9.17) is 9.47 Å². The van der Waals surface area contributed by atoms with Gasteiger partial charge in [-0.05, 0) is 46.6 Å². The molecule has 0 fully saturated rings. The van der Waals surface area contributed by atoms with Gasteiger partial charge in [0, 0.05) is 30.3 Å². The summed E-state index contributed by atoms with van der Waals surface area (Å²) in [7, 11) is 1.55. The Hall–Kier alpha value is -2.11. The molecule has 6 heteroatoms. The number of carbonyl (C=O) groups excluding carboxylic acids is 2. The highest BCUT2D eigenvalue weighted by Crippen LogP contribution is 2.16. The number of methoxy groups -OCH3 is 1. The lowest BCUT2D eigenvalue weighted by atomic mass is 10.1. The van der Waals surface area contributed by atoms with Crippen LogP contribution in [0.1, 0.15) is 56.0 Å². The molecule has 1 rings (SSSR count). The molecule has 0 aliphatic carbocycles. The van der Waals surface area contributed by atoms with Gasteiger partial charge in [0.1, 0.15) is 5.60 Å². The molecule has 1 aromatic heterocycles. The van der Waals surface area contributed by atoms with Crippen LogP contribution in [0.4, 0.5) is 4.79 Å². The smallest absolute Gasteiger partial charge is 0.407 e. The van der Waals surface area contributed by atoms with E-state index in [1.165, 1.54) is 6.20 Å². The number of carbonyl (C=O) groups is 2. The second kappa shape index (κ2) is 8.50. The lowest BCUT2D eigenvalue weighted by Gasteiger charge is -2.19. The van der Waals surface area contributed by atoms with E-state index in [2.05, 4.69) is 10.3 Å². The second-order valence-electron chi connectivity index (χ2n) is 6.36. The van der Waals surface area contributed by atoms with Crippen molar-refractivity contribution in [2.75, 3.05) is 13.7 Å². The number of ketones is 1. The number of hydrogen-bond donors (Lipinski definition) is 1. The fraction of sp³-hybridized carbons (Fsp3) is 0.588. The molecular formula is C17H26N2O4. The number of nitrogens with zero attached hydrogens (tertiary/aromatic N) is 1. The zero-order valence-electron chi connectivity index (χ0n) is 14.6. The van der Waals surface area contributed by atoms with Crippen molar-refractivity contribution in [3.05, 3.63) is 23.4 Å². The molecule has 1 aromatic rings. The van der Waals surface area contributed by atoms with Crippen LogP contribution in [0.2, 0.25) is 0 Å². The molecule has 1 amide bonds. The van der Waals surface area contributed by atoms with Gasteiger partial charge in [-0.1, -0.05) is 0 Å². The lowest BCUT2D eigenvalue weighted by molar-refractivity contribution is 0.0527. The Morgan fingerprint density at radius 1 is 1.26 bits per heavy atom. The van der Waals surface area contributed by atoms with E-state index in [0.29, 0.717) is 37.3 Å². The Balaban J connectivity index is 2.29. The van der Waals surface area contributed by atoms with Gasteiger partial charge in [-0.15, -0.1) is 0 Å². The zero-order chi connectivity index (χ0) is 17.5. The van der Waals surface area contributed by atoms with Crippen LogP contribution in [-0.4, -0.2) is 36.1 Å². The van der Waals surface area contributed by atoms with E-state index >= 15 is 0 Å². The summed E-state index contributed by atoms with van der Waals surface area (Å²) in [5, 5.41) is 2.68. The molecule has 0 aliphatic rings. The van der Waals surface area contributed by atoms with Crippen LogP contribution in [0.3, 0.4) is 0 Å². The van der Waals surface area contributed by atoms with Gasteiger partial charge in [0.25, 0.3) is 0 Å². The highest BCUT2D eigenvalue weighted by molar-refractivity contribution is 5.96. The van der Waals surface area contributed by atoms with Gasteiger partial charge in [0.15, 0.2) is 5.78 Å². The van der Waals surface area contributed by atoms with Crippen molar-refractivity contribution < 1.29 is 19.1 Å². The van der Waals surface area contributed by atoms with Crippen molar-refractivity contribution in [3.63, 3.8) is 0 Å². The molecule has 0 spiro atoms. The number of aryl methyl sites for hydroxylation is 1. The minimum atomic E-state index is -0.501. The number of pyridine rings is 1. The van der Waals surface area contributed by atoms with Gasteiger partial charge >= 0.3 is 6.09 Å². The molecule has 1 heterocycles. The van der Waals surface area contributed by atoms with E-state index in [1.54, 1.807) is 13.2 Å². The number of hydrogen-bond acceptors (Lipinski definition) is 5. The monoisotopic (exact) mass is 322 g/mol. The Morgan fingerprint density at radius 2 is 1.96 bits per heavy atom. The largest absolute Gasteiger partial charge is 0.481 e. The number of amides is 1. The first-order valence-corrected chi connectivity index (χ1v) is 7.73. The minimum Gasteiger partial charge on any atom is -0.481 e. The Morgan fingerprint density at radius 3 is 2.52 bits per heavy atom. The van der Waals surface area contributed by atoms with Crippen molar-refractivity contribution in [3.8, 4) is 5.88 Å². The number of alkyl carbamates (subject to hydrolysis) is 1. The minimum absolute atomic E-state index is 0.0421. The third-order valence-corrected chi connectivity index (χ3v) is 3.04. The maximum atomic E-state index is 12.1. The molecule has 0 bridgehead atoms. The van der Waals surface area contributed by atoms with Gasteiger partial charge in [-0.2, -0.15) is 0 Å².